The van der Waals surface area contributed by atoms with Crippen LogP contribution >= 0.6 is 0 Å². The van der Waals surface area contributed by atoms with E-state index in [1.807, 2.05) is 6.92 Å². The van der Waals surface area contributed by atoms with E-state index in [9.17, 15) is 18.0 Å². The summed E-state index contributed by atoms with van der Waals surface area (Å²) >= 11 is 0. The van der Waals surface area contributed by atoms with Gasteiger partial charge in [0.15, 0.2) is 5.96 Å². The molecule has 0 aromatic heterocycles. The molecule has 0 saturated heterocycles. The van der Waals surface area contributed by atoms with Crippen molar-refractivity contribution in [2.24, 2.45) is 4.99 Å². The van der Waals surface area contributed by atoms with E-state index in [1.165, 1.54) is 24.3 Å². The van der Waals surface area contributed by atoms with E-state index in [0.29, 0.717) is 18.1 Å². The van der Waals surface area contributed by atoms with E-state index < -0.39 is 18.3 Å². The first-order valence-electron chi connectivity index (χ1n) is 8.92. The zero-order chi connectivity index (χ0) is 21.2. The van der Waals surface area contributed by atoms with Crippen molar-refractivity contribution >= 4 is 11.9 Å². The van der Waals surface area contributed by atoms with Crippen LogP contribution in [0.3, 0.4) is 0 Å². The number of nitrogens with one attached hydrogen (secondary N) is 3. The van der Waals surface area contributed by atoms with Crippen LogP contribution in [0.2, 0.25) is 0 Å². The van der Waals surface area contributed by atoms with Gasteiger partial charge in [0, 0.05) is 32.2 Å². The summed E-state index contributed by atoms with van der Waals surface area (Å²) in [5.41, 5.74) is 1.43. The summed E-state index contributed by atoms with van der Waals surface area (Å²) in [6, 6.07) is 10.6. The standard InChI is InChI=1S/C20H23F3N4O2/c1-13-7-8-17(29-19(22)23)14(11-13)12-27-20(24-2)26-10-9-25-18(28)15-5-3-4-6-16(15)21/h3-8,11,19H,9-10,12H2,1-2H3,(H,25,28)(H2,24,26,27). The fourth-order valence-electron chi connectivity index (χ4n) is 2.55. The molecule has 1 amide bonds. The minimum Gasteiger partial charge on any atom is -0.434 e. The molecule has 0 unspecified atom stereocenters. The molecule has 0 heterocycles. The molecule has 2 aromatic rings. The maximum absolute atomic E-state index is 13.6. The molecular weight excluding hydrogens is 385 g/mol. The maximum atomic E-state index is 13.6. The molecule has 0 radical (unpaired) electrons. The normalized spacial score (nSPS) is 11.3. The van der Waals surface area contributed by atoms with Crippen LogP contribution < -0.4 is 20.7 Å². The van der Waals surface area contributed by atoms with Crippen LogP contribution in [-0.4, -0.2) is 38.6 Å². The summed E-state index contributed by atoms with van der Waals surface area (Å²) in [5.74, 6) is -0.600. The molecule has 0 aliphatic carbocycles. The van der Waals surface area contributed by atoms with E-state index >= 15 is 0 Å². The third-order valence-corrected chi connectivity index (χ3v) is 3.92. The van der Waals surface area contributed by atoms with Crippen LogP contribution in [-0.2, 0) is 6.54 Å². The molecule has 9 heteroatoms. The number of guanidine groups is 1. The molecule has 2 rings (SSSR count). The van der Waals surface area contributed by atoms with Crippen molar-refractivity contribution in [1.29, 1.82) is 0 Å². The van der Waals surface area contributed by atoms with Crippen molar-refractivity contribution < 1.29 is 22.7 Å². The van der Waals surface area contributed by atoms with Gasteiger partial charge in [0.2, 0.25) is 0 Å². The molecule has 0 saturated carbocycles. The zero-order valence-electron chi connectivity index (χ0n) is 16.1. The molecule has 2 aromatic carbocycles. The summed E-state index contributed by atoms with van der Waals surface area (Å²) in [6.07, 6.45) is 0. The minimum atomic E-state index is -2.91. The second kappa shape index (κ2) is 10.9. The topological polar surface area (TPSA) is 74.8 Å². The van der Waals surface area contributed by atoms with Crippen molar-refractivity contribution in [3.05, 3.63) is 65.0 Å². The SMILES string of the molecule is CN=C(NCCNC(=O)c1ccccc1F)NCc1cc(C)ccc1OC(F)F. The lowest BCUT2D eigenvalue weighted by Gasteiger charge is -2.15. The lowest BCUT2D eigenvalue weighted by atomic mass is 10.1. The van der Waals surface area contributed by atoms with Gasteiger partial charge in [-0.25, -0.2) is 4.39 Å². The van der Waals surface area contributed by atoms with Gasteiger partial charge in [0.05, 0.1) is 5.56 Å². The van der Waals surface area contributed by atoms with Gasteiger partial charge in [0.1, 0.15) is 11.6 Å². The number of carbonyl (C=O) groups excluding carboxylic acids is 1. The molecule has 0 atom stereocenters. The van der Waals surface area contributed by atoms with E-state index in [1.54, 1.807) is 25.2 Å². The predicted octanol–water partition coefficient (Wildman–Crippen LogP) is 2.83. The third-order valence-electron chi connectivity index (χ3n) is 3.92. The summed E-state index contributed by atoms with van der Waals surface area (Å²) in [5, 5.41) is 8.58. The molecule has 0 bridgehead atoms. The van der Waals surface area contributed by atoms with Gasteiger partial charge < -0.3 is 20.7 Å². The van der Waals surface area contributed by atoms with Crippen molar-refractivity contribution in [2.75, 3.05) is 20.1 Å². The van der Waals surface area contributed by atoms with Crippen molar-refractivity contribution in [2.45, 2.75) is 20.1 Å². The average Bonchev–Trinajstić information content (AvgIpc) is 2.69. The van der Waals surface area contributed by atoms with Gasteiger partial charge in [-0.2, -0.15) is 8.78 Å². The van der Waals surface area contributed by atoms with Crippen LogP contribution in [0.5, 0.6) is 5.75 Å². The number of alkyl halides is 2. The number of rotatable bonds is 8. The zero-order valence-corrected chi connectivity index (χ0v) is 16.1. The lowest BCUT2D eigenvalue weighted by molar-refractivity contribution is -0.0504. The number of nitrogens with zero attached hydrogens (tertiary/aromatic N) is 1. The monoisotopic (exact) mass is 408 g/mol. The van der Waals surface area contributed by atoms with E-state index in [2.05, 4.69) is 25.7 Å². The van der Waals surface area contributed by atoms with E-state index in [0.717, 1.165) is 5.56 Å². The second-order valence-electron chi connectivity index (χ2n) is 6.08. The number of hydrogen-bond acceptors (Lipinski definition) is 3. The van der Waals surface area contributed by atoms with E-state index in [-0.39, 0.29) is 24.4 Å². The number of aliphatic imine (C=N–C) groups is 1. The Morgan fingerprint density at radius 1 is 1.10 bits per heavy atom. The fraction of sp³-hybridized carbons (Fsp3) is 0.300. The van der Waals surface area contributed by atoms with Crippen LogP contribution in [0.15, 0.2) is 47.5 Å². The Balaban J connectivity index is 1.82. The largest absolute Gasteiger partial charge is 0.434 e. The van der Waals surface area contributed by atoms with Crippen LogP contribution in [0.1, 0.15) is 21.5 Å². The third kappa shape index (κ3) is 7.02. The molecular formula is C20H23F3N4O2. The summed E-state index contributed by atoms with van der Waals surface area (Å²) < 4.78 is 43.2. The highest BCUT2D eigenvalue weighted by Gasteiger charge is 2.11. The highest BCUT2D eigenvalue weighted by molar-refractivity contribution is 5.94. The highest BCUT2D eigenvalue weighted by Crippen LogP contribution is 2.21. The first-order chi connectivity index (χ1) is 13.9. The summed E-state index contributed by atoms with van der Waals surface area (Å²) in [6.45, 7) is -0.287. The average molecular weight is 408 g/mol. The Hall–Kier alpha value is -3.23. The van der Waals surface area contributed by atoms with Gasteiger partial charge in [-0.05, 0) is 25.1 Å². The predicted molar refractivity (Wildman–Crippen MR) is 105 cm³/mol. The van der Waals surface area contributed by atoms with Gasteiger partial charge in [-0.1, -0.05) is 29.8 Å². The second-order valence-corrected chi connectivity index (χ2v) is 6.08. The first-order valence-corrected chi connectivity index (χ1v) is 8.92. The Bertz CT molecular complexity index is 859. The number of halogens is 3. The maximum Gasteiger partial charge on any atom is 0.387 e. The van der Waals surface area contributed by atoms with Crippen molar-refractivity contribution in [3.63, 3.8) is 0 Å². The summed E-state index contributed by atoms with van der Waals surface area (Å²) in [4.78, 5) is 16.0. The van der Waals surface area contributed by atoms with Crippen molar-refractivity contribution in [3.8, 4) is 5.75 Å². The van der Waals surface area contributed by atoms with Crippen LogP contribution in [0.4, 0.5) is 13.2 Å². The number of carbonyl (C=O) groups is 1. The summed E-state index contributed by atoms with van der Waals surface area (Å²) in [7, 11) is 1.56. The molecule has 29 heavy (non-hydrogen) atoms. The Morgan fingerprint density at radius 3 is 2.52 bits per heavy atom. The Morgan fingerprint density at radius 2 is 1.83 bits per heavy atom. The molecule has 0 aliphatic rings. The smallest absolute Gasteiger partial charge is 0.387 e. The number of ether oxygens (including phenoxy) is 1. The lowest BCUT2D eigenvalue weighted by Crippen LogP contribution is -2.41. The van der Waals surface area contributed by atoms with Gasteiger partial charge in [-0.15, -0.1) is 0 Å². The molecule has 0 aliphatic heterocycles. The molecule has 0 spiro atoms. The molecule has 156 valence electrons. The van der Waals surface area contributed by atoms with Crippen LogP contribution in [0.25, 0.3) is 0 Å². The van der Waals surface area contributed by atoms with Gasteiger partial charge in [-0.3, -0.25) is 9.79 Å². The Kier molecular flexibility index (Phi) is 8.32. The van der Waals surface area contributed by atoms with E-state index in [4.69, 9.17) is 0 Å². The first kappa shape index (κ1) is 22.1. The number of hydrogen-bond donors (Lipinski definition) is 3. The van der Waals surface area contributed by atoms with Crippen LogP contribution in [0, 0.1) is 12.7 Å². The minimum absolute atomic E-state index is 0.0268. The number of amides is 1. The molecule has 0 fully saturated rings. The molecule has 3 N–H and O–H groups in total. The van der Waals surface area contributed by atoms with Gasteiger partial charge >= 0.3 is 6.61 Å². The quantitative estimate of drug-likeness (QED) is 0.357. The highest BCUT2D eigenvalue weighted by atomic mass is 19.3. The van der Waals surface area contributed by atoms with Crippen molar-refractivity contribution in [1.82, 2.24) is 16.0 Å². The number of aryl methyl sites for hydroxylation is 1. The Labute approximate surface area is 167 Å². The molecule has 6 nitrogen and oxygen atoms in total. The van der Waals surface area contributed by atoms with Gasteiger partial charge in [0.25, 0.3) is 5.91 Å². The fourth-order valence-corrected chi connectivity index (χ4v) is 2.55. The number of benzene rings is 2.